The summed E-state index contributed by atoms with van der Waals surface area (Å²) in [6.07, 6.45) is 4.65. The molecule has 0 spiro atoms. The first kappa shape index (κ1) is 23.5. The highest BCUT2D eigenvalue weighted by molar-refractivity contribution is 7.89. The van der Waals surface area contributed by atoms with Crippen LogP contribution in [-0.4, -0.2) is 73.0 Å². The molecule has 2 aromatic carbocycles. The van der Waals surface area contributed by atoms with Crippen LogP contribution in [0, 0.1) is 0 Å². The number of nitrogens with one attached hydrogen (secondary N) is 1. The normalized spacial score (nSPS) is 17.3. The lowest BCUT2D eigenvalue weighted by Gasteiger charge is -2.31. The number of piperidine rings is 1. The minimum Gasteiger partial charge on any atom is -0.379 e. The Morgan fingerprint density at radius 3 is 2.43 bits per heavy atom. The molecule has 1 N–H and O–H groups in total. The number of nitrogens with zero attached hydrogens (tertiary/aromatic N) is 5. The van der Waals surface area contributed by atoms with E-state index in [2.05, 4.69) is 20.4 Å². The van der Waals surface area contributed by atoms with E-state index in [4.69, 9.17) is 4.74 Å². The number of ether oxygens (including phenoxy) is 1. The Balaban J connectivity index is 1.45. The van der Waals surface area contributed by atoms with Gasteiger partial charge in [0, 0.05) is 26.2 Å². The van der Waals surface area contributed by atoms with Gasteiger partial charge < -0.3 is 15.0 Å². The molecule has 10 nitrogen and oxygen atoms in total. The Morgan fingerprint density at radius 1 is 0.943 bits per heavy atom. The first-order valence-corrected chi connectivity index (χ1v) is 13.2. The van der Waals surface area contributed by atoms with Gasteiger partial charge in [-0.25, -0.2) is 8.42 Å². The third-order valence-electron chi connectivity index (χ3n) is 6.23. The molecule has 1 amide bonds. The van der Waals surface area contributed by atoms with Crippen LogP contribution in [0.25, 0.3) is 5.69 Å². The van der Waals surface area contributed by atoms with E-state index in [1.165, 1.54) is 15.3 Å². The van der Waals surface area contributed by atoms with Crippen molar-refractivity contribution in [3.63, 3.8) is 0 Å². The summed E-state index contributed by atoms with van der Waals surface area (Å²) in [5.41, 5.74) is 2.12. The number of hydrogen-bond donors (Lipinski definition) is 1. The standard InChI is InChI=1S/C24H28N6O4S/c31-24(22-18-25-30(27-22)19-7-3-1-4-8-19)26-21-17-20(35(32,33)29-13-15-34-16-14-29)9-10-23(21)28-11-5-2-6-12-28/h1,3-4,7-10,17-18H,2,5-6,11-16H2,(H,26,31). The van der Waals surface area contributed by atoms with Gasteiger partial charge in [-0.2, -0.15) is 14.2 Å². The average Bonchev–Trinajstić information content (AvgIpc) is 3.41. The summed E-state index contributed by atoms with van der Waals surface area (Å²) in [7, 11) is -3.71. The van der Waals surface area contributed by atoms with Gasteiger partial charge in [-0.15, -0.1) is 5.10 Å². The van der Waals surface area contributed by atoms with E-state index in [1.807, 2.05) is 30.3 Å². The summed E-state index contributed by atoms with van der Waals surface area (Å²) < 4.78 is 33.2. The monoisotopic (exact) mass is 496 g/mol. The van der Waals surface area contributed by atoms with E-state index in [9.17, 15) is 13.2 Å². The maximum Gasteiger partial charge on any atom is 0.277 e. The molecule has 35 heavy (non-hydrogen) atoms. The number of benzene rings is 2. The van der Waals surface area contributed by atoms with Crippen LogP contribution < -0.4 is 10.2 Å². The molecule has 11 heteroatoms. The number of amides is 1. The fraction of sp³-hybridized carbons (Fsp3) is 0.375. The van der Waals surface area contributed by atoms with Crippen molar-refractivity contribution in [3.8, 4) is 5.69 Å². The summed E-state index contributed by atoms with van der Waals surface area (Å²) in [5, 5.41) is 11.4. The van der Waals surface area contributed by atoms with Crippen LogP contribution in [0.3, 0.4) is 0 Å². The lowest BCUT2D eigenvalue weighted by molar-refractivity contribution is 0.0730. The Morgan fingerprint density at radius 2 is 1.69 bits per heavy atom. The fourth-order valence-electron chi connectivity index (χ4n) is 4.36. The van der Waals surface area contributed by atoms with E-state index in [0.717, 1.165) is 43.7 Å². The molecule has 0 atom stereocenters. The summed E-state index contributed by atoms with van der Waals surface area (Å²) >= 11 is 0. The summed E-state index contributed by atoms with van der Waals surface area (Å²) in [6, 6.07) is 14.3. The van der Waals surface area contributed by atoms with Crippen LogP contribution in [-0.2, 0) is 14.8 Å². The maximum atomic E-state index is 13.3. The lowest BCUT2D eigenvalue weighted by atomic mass is 10.1. The van der Waals surface area contributed by atoms with Gasteiger partial charge >= 0.3 is 0 Å². The topological polar surface area (TPSA) is 110 Å². The van der Waals surface area contributed by atoms with Gasteiger partial charge in [-0.05, 0) is 49.6 Å². The van der Waals surface area contributed by atoms with Crippen molar-refractivity contribution in [1.29, 1.82) is 0 Å². The number of para-hydroxylation sites is 1. The van der Waals surface area contributed by atoms with Crippen molar-refractivity contribution >= 4 is 27.3 Å². The number of hydrogen-bond acceptors (Lipinski definition) is 7. The number of morpholine rings is 1. The zero-order valence-electron chi connectivity index (χ0n) is 19.3. The minimum absolute atomic E-state index is 0.139. The molecular weight excluding hydrogens is 468 g/mol. The van der Waals surface area contributed by atoms with Crippen molar-refractivity contribution < 1.29 is 17.9 Å². The minimum atomic E-state index is -3.71. The van der Waals surface area contributed by atoms with Gasteiger partial charge in [0.15, 0.2) is 5.69 Å². The van der Waals surface area contributed by atoms with E-state index in [0.29, 0.717) is 32.0 Å². The summed E-state index contributed by atoms with van der Waals surface area (Å²) in [4.78, 5) is 16.9. The van der Waals surface area contributed by atoms with Crippen molar-refractivity contribution in [2.75, 3.05) is 49.6 Å². The molecule has 0 aliphatic carbocycles. The van der Waals surface area contributed by atoms with E-state index in [-0.39, 0.29) is 10.6 Å². The molecule has 0 saturated carbocycles. The molecular formula is C24H28N6O4S. The number of anilines is 2. The molecule has 3 aromatic rings. The van der Waals surface area contributed by atoms with E-state index in [1.54, 1.807) is 18.2 Å². The van der Waals surface area contributed by atoms with Gasteiger partial charge in [0.05, 0.1) is 41.4 Å². The largest absolute Gasteiger partial charge is 0.379 e. The van der Waals surface area contributed by atoms with Crippen molar-refractivity contribution in [2.45, 2.75) is 24.2 Å². The van der Waals surface area contributed by atoms with Crippen molar-refractivity contribution in [1.82, 2.24) is 19.3 Å². The quantitative estimate of drug-likeness (QED) is 0.558. The van der Waals surface area contributed by atoms with Gasteiger partial charge in [0.1, 0.15) is 0 Å². The molecule has 2 aliphatic rings. The molecule has 3 heterocycles. The lowest BCUT2D eigenvalue weighted by Crippen LogP contribution is -2.40. The van der Waals surface area contributed by atoms with Crippen molar-refractivity contribution in [2.24, 2.45) is 0 Å². The Kier molecular flexibility index (Phi) is 6.80. The van der Waals surface area contributed by atoms with Gasteiger partial charge in [-0.1, -0.05) is 18.2 Å². The van der Waals surface area contributed by atoms with Gasteiger partial charge in [-0.3, -0.25) is 4.79 Å². The smallest absolute Gasteiger partial charge is 0.277 e. The molecule has 0 unspecified atom stereocenters. The molecule has 2 aliphatic heterocycles. The van der Waals surface area contributed by atoms with Crippen LogP contribution in [0.15, 0.2) is 59.6 Å². The molecule has 5 rings (SSSR count). The SMILES string of the molecule is O=C(Nc1cc(S(=O)(=O)N2CCOCC2)ccc1N1CCCCC1)c1cnn(-c2ccccc2)n1. The second kappa shape index (κ2) is 10.1. The predicted octanol–water partition coefficient (Wildman–Crippen LogP) is 2.53. The number of carbonyl (C=O) groups excluding carboxylic acids is 1. The highest BCUT2D eigenvalue weighted by atomic mass is 32.2. The third-order valence-corrected chi connectivity index (χ3v) is 8.13. The molecule has 0 radical (unpaired) electrons. The van der Waals surface area contributed by atoms with E-state index >= 15 is 0 Å². The predicted molar refractivity (Wildman–Crippen MR) is 131 cm³/mol. The highest BCUT2D eigenvalue weighted by Gasteiger charge is 2.28. The average molecular weight is 497 g/mol. The van der Waals surface area contributed by atoms with Gasteiger partial charge in [0.25, 0.3) is 5.91 Å². The second-order valence-electron chi connectivity index (χ2n) is 8.55. The maximum absolute atomic E-state index is 13.3. The highest BCUT2D eigenvalue weighted by Crippen LogP contribution is 2.32. The molecule has 2 fully saturated rings. The molecule has 1 aromatic heterocycles. The second-order valence-corrected chi connectivity index (χ2v) is 10.5. The number of carbonyl (C=O) groups is 1. The number of aromatic nitrogens is 3. The van der Waals surface area contributed by atoms with Gasteiger partial charge in [0.2, 0.25) is 10.0 Å². The van der Waals surface area contributed by atoms with Crippen LogP contribution in [0.5, 0.6) is 0 Å². The first-order chi connectivity index (χ1) is 17.0. The van der Waals surface area contributed by atoms with Crippen LogP contribution in [0.1, 0.15) is 29.8 Å². The van der Waals surface area contributed by atoms with Crippen LogP contribution in [0.2, 0.25) is 0 Å². The summed E-state index contributed by atoms with van der Waals surface area (Å²) in [5.74, 6) is -0.452. The molecule has 184 valence electrons. The van der Waals surface area contributed by atoms with Crippen LogP contribution in [0.4, 0.5) is 11.4 Å². The molecule has 0 bridgehead atoms. The Bertz CT molecular complexity index is 1280. The van der Waals surface area contributed by atoms with Crippen molar-refractivity contribution in [3.05, 3.63) is 60.4 Å². The van der Waals surface area contributed by atoms with E-state index < -0.39 is 15.9 Å². The third kappa shape index (κ3) is 5.07. The summed E-state index contributed by atoms with van der Waals surface area (Å²) in [6.45, 7) is 3.05. The number of rotatable bonds is 6. The fourth-order valence-corrected chi connectivity index (χ4v) is 5.80. The number of sulfonamides is 1. The van der Waals surface area contributed by atoms with Crippen LogP contribution >= 0.6 is 0 Å². The first-order valence-electron chi connectivity index (χ1n) is 11.8. The zero-order chi connectivity index (χ0) is 24.3. The Hall–Kier alpha value is -3.28. The molecule has 2 saturated heterocycles. The Labute approximate surface area is 204 Å². The zero-order valence-corrected chi connectivity index (χ0v) is 20.2.